The number of aliphatic hydroxyl groups excluding tert-OH is 1. The number of rotatable bonds is 6. The molecular formula is C25H24N6O2. The Balaban J connectivity index is 1.53. The maximum atomic E-state index is 11.3. The number of fused-ring (bicyclic) bond motifs is 1. The molecule has 5 aromatic rings. The van der Waals surface area contributed by atoms with Gasteiger partial charge in [0.1, 0.15) is 11.8 Å². The summed E-state index contributed by atoms with van der Waals surface area (Å²) in [7, 11) is 0. The second-order valence-corrected chi connectivity index (χ2v) is 7.92. The van der Waals surface area contributed by atoms with Crippen LogP contribution in [-0.2, 0) is 0 Å². The van der Waals surface area contributed by atoms with Gasteiger partial charge in [-0.25, -0.2) is 5.10 Å². The van der Waals surface area contributed by atoms with E-state index in [9.17, 15) is 5.11 Å². The van der Waals surface area contributed by atoms with Gasteiger partial charge in [0, 0.05) is 5.56 Å². The first-order chi connectivity index (χ1) is 16.1. The predicted octanol–water partition coefficient (Wildman–Crippen LogP) is 4.28. The average Bonchev–Trinajstić information content (AvgIpc) is 3.50. The Kier molecular flexibility index (Phi) is 5.35. The molecule has 0 bridgehead atoms. The summed E-state index contributed by atoms with van der Waals surface area (Å²) in [4.78, 5) is 4.58. The number of benzene rings is 2. The van der Waals surface area contributed by atoms with Crippen molar-refractivity contribution in [2.24, 2.45) is 0 Å². The molecule has 0 spiro atoms. The van der Waals surface area contributed by atoms with Gasteiger partial charge in [0.25, 0.3) is 0 Å². The highest BCUT2D eigenvalue weighted by molar-refractivity contribution is 5.80. The Bertz CT molecular complexity index is 1410. The van der Waals surface area contributed by atoms with E-state index in [-0.39, 0.29) is 0 Å². The van der Waals surface area contributed by atoms with Gasteiger partial charge in [-0.15, -0.1) is 5.10 Å². The first-order valence-electron chi connectivity index (χ1n) is 10.8. The Morgan fingerprint density at radius 3 is 2.48 bits per heavy atom. The van der Waals surface area contributed by atoms with Crippen LogP contribution in [0.25, 0.3) is 28.2 Å². The van der Waals surface area contributed by atoms with E-state index in [4.69, 9.17) is 4.74 Å². The third-order valence-corrected chi connectivity index (χ3v) is 5.75. The maximum Gasteiger partial charge on any atom is 0.232 e. The molecule has 0 radical (unpaired) electrons. The number of nitrogens with one attached hydrogen (secondary N) is 1. The SMILES string of the molecule is CCOc1cn2c([C@H](O)c3ccc(-c4ccccc4-c4nnn[nH]4)cc3)c(C)cc(C)c2n1. The molecule has 3 heterocycles. The number of aryl methyl sites for hydroxylation is 2. The average molecular weight is 441 g/mol. The number of hydrogen-bond donors (Lipinski definition) is 2. The first-order valence-corrected chi connectivity index (χ1v) is 10.8. The highest BCUT2D eigenvalue weighted by Crippen LogP contribution is 2.33. The number of tetrazole rings is 1. The number of aromatic nitrogens is 6. The van der Waals surface area contributed by atoms with Gasteiger partial charge in [-0.3, -0.25) is 4.40 Å². The van der Waals surface area contributed by atoms with Gasteiger partial charge >= 0.3 is 0 Å². The molecule has 0 fully saturated rings. The summed E-state index contributed by atoms with van der Waals surface area (Å²) in [5.41, 5.74) is 7.28. The number of nitrogens with zero attached hydrogens (tertiary/aromatic N) is 5. The number of imidazole rings is 1. The fourth-order valence-electron chi connectivity index (χ4n) is 4.26. The number of pyridine rings is 1. The smallest absolute Gasteiger partial charge is 0.232 e. The summed E-state index contributed by atoms with van der Waals surface area (Å²) in [6.45, 7) is 6.47. The van der Waals surface area contributed by atoms with Crippen LogP contribution in [0.15, 0.2) is 60.8 Å². The molecule has 0 aliphatic heterocycles. The zero-order valence-electron chi connectivity index (χ0n) is 18.6. The lowest BCUT2D eigenvalue weighted by Crippen LogP contribution is -2.09. The van der Waals surface area contributed by atoms with Crippen LogP contribution in [-0.4, -0.2) is 41.7 Å². The van der Waals surface area contributed by atoms with Gasteiger partial charge in [0.05, 0.1) is 18.5 Å². The van der Waals surface area contributed by atoms with Crippen molar-refractivity contribution in [3.05, 3.63) is 83.2 Å². The van der Waals surface area contributed by atoms with Crippen molar-refractivity contribution in [1.29, 1.82) is 0 Å². The van der Waals surface area contributed by atoms with Crippen LogP contribution in [0.3, 0.4) is 0 Å². The minimum atomic E-state index is -0.820. The molecule has 1 atom stereocenters. The molecule has 33 heavy (non-hydrogen) atoms. The van der Waals surface area contributed by atoms with Crippen molar-refractivity contribution >= 4 is 5.65 Å². The van der Waals surface area contributed by atoms with Crippen LogP contribution in [0, 0.1) is 13.8 Å². The van der Waals surface area contributed by atoms with Gasteiger partial charge in [0.15, 0.2) is 5.82 Å². The molecule has 0 aliphatic carbocycles. The summed E-state index contributed by atoms with van der Waals surface area (Å²) in [5.74, 6) is 1.16. The van der Waals surface area contributed by atoms with Crippen LogP contribution >= 0.6 is 0 Å². The van der Waals surface area contributed by atoms with Crippen LogP contribution in [0.2, 0.25) is 0 Å². The molecule has 0 aliphatic rings. The fourth-order valence-corrected chi connectivity index (χ4v) is 4.26. The van der Waals surface area contributed by atoms with E-state index in [0.717, 1.165) is 44.7 Å². The second kappa shape index (κ2) is 8.48. The fraction of sp³-hybridized carbons (Fsp3) is 0.200. The molecule has 0 saturated heterocycles. The molecule has 5 rings (SSSR count). The quantitative estimate of drug-likeness (QED) is 0.409. The van der Waals surface area contributed by atoms with E-state index < -0.39 is 6.10 Å². The number of aliphatic hydroxyl groups is 1. The Labute approximate surface area is 190 Å². The summed E-state index contributed by atoms with van der Waals surface area (Å²) >= 11 is 0. The van der Waals surface area contributed by atoms with E-state index >= 15 is 0 Å². The first kappa shape index (κ1) is 20.8. The summed E-state index contributed by atoms with van der Waals surface area (Å²) in [6, 6.07) is 17.9. The third kappa shape index (κ3) is 3.74. The van der Waals surface area contributed by atoms with Gasteiger partial charge < -0.3 is 9.84 Å². The van der Waals surface area contributed by atoms with Crippen molar-refractivity contribution in [1.82, 2.24) is 30.0 Å². The molecular weight excluding hydrogens is 416 g/mol. The molecule has 166 valence electrons. The Morgan fingerprint density at radius 2 is 1.79 bits per heavy atom. The van der Waals surface area contributed by atoms with Crippen LogP contribution in [0.5, 0.6) is 5.88 Å². The number of aromatic amines is 1. The number of H-pyrrole nitrogens is 1. The van der Waals surface area contributed by atoms with Gasteiger partial charge in [-0.2, -0.15) is 4.98 Å². The van der Waals surface area contributed by atoms with E-state index in [1.54, 1.807) is 0 Å². The Hall–Kier alpha value is -4.04. The number of hydrogen-bond acceptors (Lipinski definition) is 6. The van der Waals surface area contributed by atoms with E-state index in [2.05, 4.69) is 25.6 Å². The second-order valence-electron chi connectivity index (χ2n) is 7.92. The topological polar surface area (TPSA) is 101 Å². The lowest BCUT2D eigenvalue weighted by molar-refractivity contribution is 0.213. The standard InChI is InChI=1S/C25H24N6O2/c1-4-33-21-14-31-22(15(2)13-16(3)25(31)26-21)23(32)18-11-9-17(10-12-18)19-7-5-6-8-20(19)24-27-29-30-28-24/h5-14,23,32H,4H2,1-3H3,(H,27,28,29,30)/t23-/m1/s1. The van der Waals surface area contributed by atoms with Crippen LogP contribution in [0.1, 0.15) is 35.4 Å². The largest absolute Gasteiger partial charge is 0.477 e. The van der Waals surface area contributed by atoms with Crippen molar-refractivity contribution in [2.75, 3.05) is 6.61 Å². The summed E-state index contributed by atoms with van der Waals surface area (Å²) in [5, 5.41) is 25.6. The van der Waals surface area contributed by atoms with Gasteiger partial charge in [-0.1, -0.05) is 54.6 Å². The van der Waals surface area contributed by atoms with E-state index in [1.807, 2.05) is 86.0 Å². The van der Waals surface area contributed by atoms with E-state index in [0.29, 0.717) is 18.3 Å². The highest BCUT2D eigenvalue weighted by atomic mass is 16.5. The van der Waals surface area contributed by atoms with E-state index in [1.165, 1.54) is 0 Å². The highest BCUT2D eigenvalue weighted by Gasteiger charge is 2.20. The minimum Gasteiger partial charge on any atom is -0.477 e. The zero-order valence-corrected chi connectivity index (χ0v) is 18.6. The number of ether oxygens (including phenoxy) is 1. The summed E-state index contributed by atoms with van der Waals surface area (Å²) < 4.78 is 7.53. The molecule has 0 amide bonds. The minimum absolute atomic E-state index is 0.535. The third-order valence-electron chi connectivity index (χ3n) is 5.75. The summed E-state index contributed by atoms with van der Waals surface area (Å²) in [6.07, 6.45) is 1.02. The molecule has 2 N–H and O–H groups in total. The zero-order chi connectivity index (χ0) is 22.9. The molecule has 3 aromatic heterocycles. The molecule has 8 heteroatoms. The molecule has 2 aromatic carbocycles. The molecule has 0 saturated carbocycles. The van der Waals surface area contributed by atoms with Crippen molar-refractivity contribution in [3.63, 3.8) is 0 Å². The molecule has 0 unspecified atom stereocenters. The molecule has 8 nitrogen and oxygen atoms in total. The normalized spacial score (nSPS) is 12.2. The van der Waals surface area contributed by atoms with Crippen LogP contribution in [0.4, 0.5) is 0 Å². The lowest BCUT2D eigenvalue weighted by atomic mass is 9.95. The predicted molar refractivity (Wildman–Crippen MR) is 125 cm³/mol. The van der Waals surface area contributed by atoms with Gasteiger partial charge in [0.2, 0.25) is 5.88 Å². The van der Waals surface area contributed by atoms with Crippen molar-refractivity contribution < 1.29 is 9.84 Å². The lowest BCUT2D eigenvalue weighted by Gasteiger charge is -2.18. The van der Waals surface area contributed by atoms with Crippen molar-refractivity contribution in [2.45, 2.75) is 26.9 Å². The van der Waals surface area contributed by atoms with Crippen molar-refractivity contribution in [3.8, 4) is 28.4 Å². The van der Waals surface area contributed by atoms with Crippen LogP contribution < -0.4 is 4.74 Å². The monoisotopic (exact) mass is 440 g/mol. The van der Waals surface area contributed by atoms with Gasteiger partial charge in [-0.05, 0) is 59.0 Å². The maximum absolute atomic E-state index is 11.3. The Morgan fingerprint density at radius 1 is 1.03 bits per heavy atom.